The largest absolute Gasteiger partial charge is 0.497 e. The molecular weight excluding hydrogens is 512 g/mol. The Bertz CT molecular complexity index is 1170. The predicted molar refractivity (Wildman–Crippen MR) is 129 cm³/mol. The quantitative estimate of drug-likeness (QED) is 0.186. The normalized spacial score (nSPS) is 11.6. The molecule has 3 rings (SSSR count). The monoisotopic (exact) mass is 530 g/mol. The molecule has 0 radical (unpaired) electrons. The van der Waals surface area contributed by atoms with Gasteiger partial charge in [-0.3, -0.25) is 4.79 Å². The molecule has 0 aromatic heterocycles. The van der Waals surface area contributed by atoms with Crippen molar-refractivity contribution in [1.29, 1.82) is 0 Å². The molecular formula is C24H20BrClN2O5. The van der Waals surface area contributed by atoms with E-state index < -0.39 is 18.0 Å². The van der Waals surface area contributed by atoms with Crippen LogP contribution in [0.15, 0.2) is 76.3 Å². The maximum Gasteiger partial charge on any atom is 0.343 e. The number of rotatable bonds is 8. The molecule has 3 aromatic carbocycles. The van der Waals surface area contributed by atoms with E-state index >= 15 is 0 Å². The number of benzene rings is 3. The fraction of sp³-hybridized carbons (Fsp3) is 0.125. The summed E-state index contributed by atoms with van der Waals surface area (Å²) in [7, 11) is 1.55. The van der Waals surface area contributed by atoms with Gasteiger partial charge in [0.15, 0.2) is 6.10 Å². The van der Waals surface area contributed by atoms with Crippen LogP contribution >= 0.6 is 27.5 Å². The smallest absolute Gasteiger partial charge is 0.343 e. The van der Waals surface area contributed by atoms with Crippen molar-refractivity contribution < 1.29 is 23.8 Å². The molecule has 0 aliphatic rings. The van der Waals surface area contributed by atoms with Crippen LogP contribution < -0.4 is 19.6 Å². The van der Waals surface area contributed by atoms with Gasteiger partial charge in [0.2, 0.25) is 0 Å². The molecule has 0 spiro atoms. The SMILES string of the molecule is COc1ccc(C(=O)Oc2ccc(Br)cc2C=NNC(=O)C(C)Oc2cccc(Cl)c2)cc1. The number of hydrogen-bond acceptors (Lipinski definition) is 6. The molecule has 0 heterocycles. The fourth-order valence-electron chi connectivity index (χ4n) is 2.65. The molecule has 33 heavy (non-hydrogen) atoms. The molecule has 3 aromatic rings. The van der Waals surface area contributed by atoms with Gasteiger partial charge in [0.25, 0.3) is 5.91 Å². The molecule has 1 amide bonds. The predicted octanol–water partition coefficient (Wildman–Crippen LogP) is 5.25. The highest BCUT2D eigenvalue weighted by molar-refractivity contribution is 9.10. The van der Waals surface area contributed by atoms with Gasteiger partial charge in [-0.05, 0) is 67.6 Å². The summed E-state index contributed by atoms with van der Waals surface area (Å²) < 4.78 is 16.9. The second kappa shape index (κ2) is 11.5. The average Bonchev–Trinajstić information content (AvgIpc) is 2.80. The molecule has 0 aliphatic carbocycles. The third kappa shape index (κ3) is 7.06. The molecule has 0 aliphatic heterocycles. The second-order valence-electron chi connectivity index (χ2n) is 6.75. The van der Waals surface area contributed by atoms with E-state index in [2.05, 4.69) is 26.5 Å². The van der Waals surface area contributed by atoms with Gasteiger partial charge in [-0.25, -0.2) is 10.2 Å². The first-order valence-electron chi connectivity index (χ1n) is 9.76. The van der Waals surface area contributed by atoms with E-state index in [0.717, 1.165) is 4.47 Å². The number of halogens is 2. The minimum absolute atomic E-state index is 0.278. The Morgan fingerprint density at radius 1 is 1.06 bits per heavy atom. The summed E-state index contributed by atoms with van der Waals surface area (Å²) in [5, 5.41) is 4.47. The van der Waals surface area contributed by atoms with Crippen LogP contribution in [0.3, 0.4) is 0 Å². The zero-order valence-corrected chi connectivity index (χ0v) is 20.1. The molecule has 0 fully saturated rings. The van der Waals surface area contributed by atoms with Gasteiger partial charge < -0.3 is 14.2 Å². The summed E-state index contributed by atoms with van der Waals surface area (Å²) in [4.78, 5) is 24.8. The Labute approximate surface area is 204 Å². The fourth-order valence-corrected chi connectivity index (χ4v) is 3.21. The van der Waals surface area contributed by atoms with Crippen molar-refractivity contribution in [3.8, 4) is 17.2 Å². The van der Waals surface area contributed by atoms with Gasteiger partial charge in [0.1, 0.15) is 17.2 Å². The highest BCUT2D eigenvalue weighted by Crippen LogP contribution is 2.23. The van der Waals surface area contributed by atoms with Crippen LogP contribution in [0, 0.1) is 0 Å². The number of hydrogen-bond donors (Lipinski definition) is 1. The van der Waals surface area contributed by atoms with Crippen molar-refractivity contribution in [2.75, 3.05) is 7.11 Å². The number of hydrazone groups is 1. The molecule has 1 atom stereocenters. The van der Waals surface area contributed by atoms with Gasteiger partial charge >= 0.3 is 5.97 Å². The molecule has 1 N–H and O–H groups in total. The third-order valence-corrected chi connectivity index (χ3v) is 5.09. The van der Waals surface area contributed by atoms with Crippen molar-refractivity contribution in [3.05, 3.63) is 87.4 Å². The summed E-state index contributed by atoms with van der Waals surface area (Å²) >= 11 is 9.30. The van der Waals surface area contributed by atoms with E-state index in [-0.39, 0.29) is 5.75 Å². The van der Waals surface area contributed by atoms with E-state index in [1.54, 1.807) is 80.8 Å². The lowest BCUT2D eigenvalue weighted by atomic mass is 10.2. The average molecular weight is 532 g/mol. The van der Waals surface area contributed by atoms with Crippen LogP contribution in [0.4, 0.5) is 0 Å². The number of ether oxygens (including phenoxy) is 3. The third-order valence-electron chi connectivity index (χ3n) is 4.36. The van der Waals surface area contributed by atoms with Crippen molar-refractivity contribution in [2.24, 2.45) is 5.10 Å². The maximum absolute atomic E-state index is 12.5. The topological polar surface area (TPSA) is 86.2 Å². The Morgan fingerprint density at radius 2 is 1.82 bits per heavy atom. The maximum atomic E-state index is 12.5. The molecule has 7 nitrogen and oxygen atoms in total. The lowest BCUT2D eigenvalue weighted by molar-refractivity contribution is -0.127. The number of carbonyl (C=O) groups excluding carboxylic acids is 2. The van der Waals surface area contributed by atoms with Crippen molar-refractivity contribution in [1.82, 2.24) is 5.43 Å². The van der Waals surface area contributed by atoms with E-state index in [1.807, 2.05) is 0 Å². The Balaban J connectivity index is 1.65. The van der Waals surface area contributed by atoms with E-state index in [4.69, 9.17) is 25.8 Å². The zero-order valence-electron chi connectivity index (χ0n) is 17.7. The number of esters is 1. The van der Waals surface area contributed by atoms with Crippen LogP contribution in [0.25, 0.3) is 0 Å². The van der Waals surface area contributed by atoms with Crippen molar-refractivity contribution >= 4 is 45.6 Å². The Kier molecular flexibility index (Phi) is 8.46. The van der Waals surface area contributed by atoms with Crippen LogP contribution in [0.5, 0.6) is 17.2 Å². The lowest BCUT2D eigenvalue weighted by Crippen LogP contribution is -2.33. The minimum Gasteiger partial charge on any atom is -0.497 e. The number of nitrogens with zero attached hydrogens (tertiary/aromatic N) is 1. The van der Waals surface area contributed by atoms with Gasteiger partial charge in [-0.15, -0.1) is 0 Å². The molecule has 0 saturated carbocycles. The first-order chi connectivity index (χ1) is 15.9. The molecule has 9 heteroatoms. The molecule has 0 saturated heterocycles. The number of amides is 1. The zero-order chi connectivity index (χ0) is 23.8. The second-order valence-corrected chi connectivity index (χ2v) is 8.10. The first-order valence-corrected chi connectivity index (χ1v) is 10.9. The lowest BCUT2D eigenvalue weighted by Gasteiger charge is -2.13. The Hall–Kier alpha value is -3.36. The van der Waals surface area contributed by atoms with E-state index in [9.17, 15) is 9.59 Å². The van der Waals surface area contributed by atoms with Crippen LogP contribution in [-0.2, 0) is 4.79 Å². The minimum atomic E-state index is -0.810. The van der Waals surface area contributed by atoms with Crippen LogP contribution in [-0.4, -0.2) is 31.3 Å². The van der Waals surface area contributed by atoms with Crippen molar-refractivity contribution in [3.63, 3.8) is 0 Å². The molecule has 1 unspecified atom stereocenters. The van der Waals surface area contributed by atoms with E-state index in [1.165, 1.54) is 6.21 Å². The van der Waals surface area contributed by atoms with E-state index in [0.29, 0.717) is 27.6 Å². The summed E-state index contributed by atoms with van der Waals surface area (Å²) in [6, 6.07) is 18.4. The first kappa shape index (κ1) is 24.3. The van der Waals surface area contributed by atoms with Gasteiger partial charge in [-0.2, -0.15) is 5.10 Å². The summed E-state index contributed by atoms with van der Waals surface area (Å²) in [5.41, 5.74) is 3.26. The summed E-state index contributed by atoms with van der Waals surface area (Å²) in [6.07, 6.45) is 0.571. The van der Waals surface area contributed by atoms with Crippen LogP contribution in [0.1, 0.15) is 22.8 Å². The van der Waals surface area contributed by atoms with Crippen molar-refractivity contribution in [2.45, 2.75) is 13.0 Å². The summed E-state index contributed by atoms with van der Waals surface area (Å²) in [5.74, 6) is 0.377. The number of carbonyl (C=O) groups is 2. The molecule has 0 bridgehead atoms. The standard InChI is InChI=1S/C24H20BrClN2O5/c1-15(32-21-5-3-4-19(26)13-21)23(29)28-27-14-17-12-18(25)8-11-22(17)33-24(30)16-6-9-20(31-2)10-7-16/h3-15H,1-2H3,(H,28,29). The highest BCUT2D eigenvalue weighted by Gasteiger charge is 2.15. The number of nitrogens with one attached hydrogen (secondary N) is 1. The van der Waals surface area contributed by atoms with Crippen LogP contribution in [0.2, 0.25) is 5.02 Å². The molecule has 170 valence electrons. The van der Waals surface area contributed by atoms with Gasteiger partial charge in [0.05, 0.1) is 18.9 Å². The van der Waals surface area contributed by atoms with Gasteiger partial charge in [0, 0.05) is 15.1 Å². The van der Waals surface area contributed by atoms with Gasteiger partial charge in [-0.1, -0.05) is 33.6 Å². The highest BCUT2D eigenvalue weighted by atomic mass is 79.9. The number of methoxy groups -OCH3 is 1. The summed E-state index contributed by atoms with van der Waals surface area (Å²) in [6.45, 7) is 1.59. The Morgan fingerprint density at radius 3 is 2.52 bits per heavy atom.